The molecule has 0 unspecified atom stereocenters. The van der Waals surface area contributed by atoms with Crippen molar-refractivity contribution in [1.29, 1.82) is 0 Å². The molecule has 0 aliphatic carbocycles. The van der Waals surface area contributed by atoms with Gasteiger partial charge in [-0.15, -0.1) is 0 Å². The Morgan fingerprint density at radius 2 is 2.00 bits per heavy atom. The summed E-state index contributed by atoms with van der Waals surface area (Å²) in [6, 6.07) is 12.8. The van der Waals surface area contributed by atoms with Crippen molar-refractivity contribution in [2.45, 2.75) is 0 Å². The molecule has 0 saturated carbocycles. The Balaban J connectivity index is 2.19. The molecule has 0 spiro atoms. The maximum Gasteiger partial charge on any atom is 0.142 e. The average molecular weight is 240 g/mol. The number of phenolic OH excluding ortho intramolecular Hbond substituents is 1. The van der Waals surface area contributed by atoms with Gasteiger partial charge >= 0.3 is 0 Å². The summed E-state index contributed by atoms with van der Waals surface area (Å²) in [4.78, 5) is 7.74. The number of benzene rings is 2. The number of para-hydroxylation sites is 2. The van der Waals surface area contributed by atoms with Crippen LogP contribution in [-0.4, -0.2) is 22.2 Å². The number of hydrogen-bond donors (Lipinski definition) is 2. The first kappa shape index (κ1) is 10.7. The molecule has 0 atom stereocenters. The summed E-state index contributed by atoms with van der Waals surface area (Å²) in [5, 5.41) is 9.44. The van der Waals surface area contributed by atoms with Gasteiger partial charge in [-0.2, -0.15) is 0 Å². The number of H-pyrrole nitrogens is 1. The molecule has 0 fully saturated rings. The van der Waals surface area contributed by atoms with Gasteiger partial charge in [0.2, 0.25) is 0 Å². The molecular formula is C14H12N2O2. The third-order valence-corrected chi connectivity index (χ3v) is 2.83. The summed E-state index contributed by atoms with van der Waals surface area (Å²) in [5.41, 5.74) is 2.71. The van der Waals surface area contributed by atoms with Crippen molar-refractivity contribution >= 4 is 11.0 Å². The Hall–Kier alpha value is -2.49. The molecule has 1 aromatic heterocycles. The smallest absolute Gasteiger partial charge is 0.142 e. The van der Waals surface area contributed by atoms with Crippen molar-refractivity contribution in [3.05, 3.63) is 42.5 Å². The number of aromatic amines is 1. The van der Waals surface area contributed by atoms with Crippen LogP contribution in [0.25, 0.3) is 22.4 Å². The van der Waals surface area contributed by atoms with Crippen molar-refractivity contribution in [3.8, 4) is 22.9 Å². The predicted molar refractivity (Wildman–Crippen MR) is 69.7 cm³/mol. The molecule has 18 heavy (non-hydrogen) atoms. The van der Waals surface area contributed by atoms with Gasteiger partial charge in [-0.25, -0.2) is 4.98 Å². The lowest BCUT2D eigenvalue weighted by Gasteiger charge is -2.06. The van der Waals surface area contributed by atoms with Crippen molar-refractivity contribution < 1.29 is 9.84 Å². The van der Waals surface area contributed by atoms with E-state index in [1.54, 1.807) is 25.3 Å². The summed E-state index contributed by atoms with van der Waals surface area (Å²) in [5.74, 6) is 1.49. The molecule has 2 N–H and O–H groups in total. The highest BCUT2D eigenvalue weighted by atomic mass is 16.5. The zero-order valence-corrected chi connectivity index (χ0v) is 9.84. The fourth-order valence-corrected chi connectivity index (χ4v) is 1.96. The number of rotatable bonds is 2. The average Bonchev–Trinajstić information content (AvgIpc) is 2.82. The van der Waals surface area contributed by atoms with E-state index in [2.05, 4.69) is 9.97 Å². The first-order valence-electron chi connectivity index (χ1n) is 5.60. The lowest BCUT2D eigenvalue weighted by Crippen LogP contribution is -1.88. The van der Waals surface area contributed by atoms with Gasteiger partial charge in [0.05, 0.1) is 23.7 Å². The van der Waals surface area contributed by atoms with E-state index in [1.165, 1.54) is 0 Å². The molecule has 4 nitrogen and oxygen atoms in total. The van der Waals surface area contributed by atoms with Gasteiger partial charge in [0.15, 0.2) is 0 Å². The second-order valence-corrected chi connectivity index (χ2v) is 3.99. The Morgan fingerprint density at radius 1 is 1.17 bits per heavy atom. The number of ether oxygens (including phenoxy) is 1. The molecule has 90 valence electrons. The Labute approximate surface area is 104 Å². The molecule has 3 rings (SSSR count). The lowest BCUT2D eigenvalue weighted by molar-refractivity contribution is 0.409. The largest absolute Gasteiger partial charge is 0.508 e. The number of methoxy groups -OCH3 is 1. The SMILES string of the molecule is COc1cc(O)ccc1-c1nc2ccccc2[nH]1. The third kappa shape index (κ3) is 1.68. The van der Waals surface area contributed by atoms with Crippen LogP contribution in [0.5, 0.6) is 11.5 Å². The van der Waals surface area contributed by atoms with Crippen molar-refractivity contribution in [3.63, 3.8) is 0 Å². The number of aromatic nitrogens is 2. The predicted octanol–water partition coefficient (Wildman–Crippen LogP) is 2.94. The van der Waals surface area contributed by atoms with E-state index in [-0.39, 0.29) is 5.75 Å². The minimum Gasteiger partial charge on any atom is -0.508 e. The first-order valence-corrected chi connectivity index (χ1v) is 5.60. The molecule has 2 aromatic carbocycles. The minimum atomic E-state index is 0.173. The van der Waals surface area contributed by atoms with Crippen LogP contribution in [0.1, 0.15) is 0 Å². The first-order chi connectivity index (χ1) is 8.78. The van der Waals surface area contributed by atoms with Crippen LogP contribution in [0.3, 0.4) is 0 Å². The van der Waals surface area contributed by atoms with E-state index in [0.717, 1.165) is 22.4 Å². The molecule has 1 heterocycles. The van der Waals surface area contributed by atoms with Gasteiger partial charge in [-0.3, -0.25) is 0 Å². The topological polar surface area (TPSA) is 58.1 Å². The number of hydrogen-bond acceptors (Lipinski definition) is 3. The van der Waals surface area contributed by atoms with Crippen LogP contribution < -0.4 is 4.74 Å². The van der Waals surface area contributed by atoms with E-state index < -0.39 is 0 Å². The Kier molecular flexibility index (Phi) is 2.41. The number of aromatic hydroxyl groups is 1. The van der Waals surface area contributed by atoms with E-state index in [1.807, 2.05) is 24.3 Å². The van der Waals surface area contributed by atoms with Crippen molar-refractivity contribution in [2.24, 2.45) is 0 Å². The molecule has 0 saturated heterocycles. The molecular weight excluding hydrogens is 228 g/mol. The third-order valence-electron chi connectivity index (χ3n) is 2.83. The van der Waals surface area contributed by atoms with E-state index in [4.69, 9.17) is 4.74 Å². The van der Waals surface area contributed by atoms with Crippen LogP contribution in [0.4, 0.5) is 0 Å². The van der Waals surface area contributed by atoms with Gasteiger partial charge in [-0.05, 0) is 24.3 Å². The second-order valence-electron chi connectivity index (χ2n) is 3.99. The fraction of sp³-hybridized carbons (Fsp3) is 0.0714. The minimum absolute atomic E-state index is 0.173. The molecule has 0 radical (unpaired) electrons. The molecule has 0 aliphatic heterocycles. The quantitative estimate of drug-likeness (QED) is 0.724. The zero-order valence-electron chi connectivity index (χ0n) is 9.84. The fourth-order valence-electron chi connectivity index (χ4n) is 1.96. The second kappa shape index (κ2) is 4.07. The van der Waals surface area contributed by atoms with Crippen LogP contribution in [0.2, 0.25) is 0 Å². The highest BCUT2D eigenvalue weighted by Gasteiger charge is 2.10. The number of phenols is 1. The Bertz CT molecular complexity index is 671. The van der Waals surface area contributed by atoms with Crippen molar-refractivity contribution in [2.75, 3.05) is 7.11 Å². The normalized spacial score (nSPS) is 10.7. The van der Waals surface area contributed by atoms with Crippen LogP contribution in [0, 0.1) is 0 Å². The van der Waals surface area contributed by atoms with Gasteiger partial charge in [0.1, 0.15) is 17.3 Å². The molecule has 4 heteroatoms. The van der Waals surface area contributed by atoms with Gasteiger partial charge in [0.25, 0.3) is 0 Å². The molecule has 0 aliphatic rings. The number of nitrogens with one attached hydrogen (secondary N) is 1. The summed E-state index contributed by atoms with van der Waals surface area (Å²) < 4.78 is 5.26. The maximum atomic E-state index is 9.44. The molecule has 0 bridgehead atoms. The van der Waals surface area contributed by atoms with E-state index >= 15 is 0 Å². The monoisotopic (exact) mass is 240 g/mol. The number of fused-ring (bicyclic) bond motifs is 1. The van der Waals surface area contributed by atoms with Crippen LogP contribution >= 0.6 is 0 Å². The lowest BCUT2D eigenvalue weighted by atomic mass is 10.2. The molecule has 0 amide bonds. The Morgan fingerprint density at radius 3 is 2.78 bits per heavy atom. The van der Waals surface area contributed by atoms with Gasteiger partial charge in [0, 0.05) is 6.07 Å². The van der Waals surface area contributed by atoms with Gasteiger partial charge in [-0.1, -0.05) is 12.1 Å². The molecule has 3 aromatic rings. The summed E-state index contributed by atoms with van der Waals surface area (Å²) in [6.45, 7) is 0. The van der Waals surface area contributed by atoms with Crippen molar-refractivity contribution in [1.82, 2.24) is 9.97 Å². The highest BCUT2D eigenvalue weighted by molar-refractivity contribution is 5.80. The number of nitrogens with zero attached hydrogens (tertiary/aromatic N) is 1. The summed E-state index contributed by atoms with van der Waals surface area (Å²) in [6.07, 6.45) is 0. The van der Waals surface area contributed by atoms with Crippen LogP contribution in [0.15, 0.2) is 42.5 Å². The summed E-state index contributed by atoms with van der Waals surface area (Å²) in [7, 11) is 1.57. The standard InChI is InChI=1S/C14H12N2O2/c1-18-13-8-9(17)6-7-10(13)14-15-11-4-2-3-5-12(11)16-14/h2-8,17H,1H3,(H,15,16). The number of imidazole rings is 1. The van der Waals surface area contributed by atoms with E-state index in [9.17, 15) is 5.11 Å². The summed E-state index contributed by atoms with van der Waals surface area (Å²) >= 11 is 0. The van der Waals surface area contributed by atoms with E-state index in [0.29, 0.717) is 5.75 Å². The zero-order chi connectivity index (χ0) is 12.5. The van der Waals surface area contributed by atoms with Gasteiger partial charge < -0.3 is 14.8 Å². The van der Waals surface area contributed by atoms with Crippen LogP contribution in [-0.2, 0) is 0 Å². The highest BCUT2D eigenvalue weighted by Crippen LogP contribution is 2.32. The maximum absolute atomic E-state index is 9.44.